The highest BCUT2D eigenvalue weighted by Gasteiger charge is 2.28. The quantitative estimate of drug-likeness (QED) is 0.762. The van der Waals surface area contributed by atoms with Crippen molar-refractivity contribution in [3.63, 3.8) is 0 Å². The van der Waals surface area contributed by atoms with E-state index < -0.39 is 6.03 Å². The van der Waals surface area contributed by atoms with Crippen molar-refractivity contribution in [1.82, 2.24) is 10.2 Å². The van der Waals surface area contributed by atoms with Crippen molar-refractivity contribution >= 4 is 23.5 Å². The van der Waals surface area contributed by atoms with Gasteiger partial charge in [0.05, 0.1) is 5.92 Å². The van der Waals surface area contributed by atoms with Crippen LogP contribution in [0.2, 0.25) is 0 Å². The molecular weight excluding hydrogens is 308 g/mol. The zero-order valence-electron chi connectivity index (χ0n) is 13.9. The maximum atomic E-state index is 12.7. The molecular formula is C17H24N4O3. The van der Waals surface area contributed by atoms with Crippen LogP contribution in [-0.4, -0.2) is 42.4 Å². The molecule has 1 aliphatic heterocycles. The van der Waals surface area contributed by atoms with Crippen molar-refractivity contribution in [3.05, 3.63) is 29.8 Å². The van der Waals surface area contributed by atoms with Gasteiger partial charge in [-0.05, 0) is 37.5 Å². The summed E-state index contributed by atoms with van der Waals surface area (Å²) in [6.45, 7) is 3.71. The number of likely N-dealkylation sites (tertiary alicyclic amines) is 1. The third-order valence-electron chi connectivity index (χ3n) is 4.01. The summed E-state index contributed by atoms with van der Waals surface area (Å²) in [4.78, 5) is 37.4. The van der Waals surface area contributed by atoms with E-state index in [0.717, 1.165) is 19.3 Å². The summed E-state index contributed by atoms with van der Waals surface area (Å²) in [6, 6.07) is 5.96. The SMILES string of the molecule is CCCNC(=O)[C@H]1CCCN(C(=O)c2cccc(NC(N)=O)c2)C1. The van der Waals surface area contributed by atoms with Gasteiger partial charge in [-0.1, -0.05) is 13.0 Å². The van der Waals surface area contributed by atoms with Crippen molar-refractivity contribution in [1.29, 1.82) is 0 Å². The molecule has 24 heavy (non-hydrogen) atoms. The van der Waals surface area contributed by atoms with E-state index in [0.29, 0.717) is 30.9 Å². The molecule has 1 atom stereocenters. The number of rotatable bonds is 5. The normalized spacial score (nSPS) is 17.2. The number of nitrogens with one attached hydrogen (secondary N) is 2. The second-order valence-corrected chi connectivity index (χ2v) is 5.95. The lowest BCUT2D eigenvalue weighted by atomic mass is 9.96. The number of hydrogen-bond acceptors (Lipinski definition) is 3. The van der Waals surface area contributed by atoms with Gasteiger partial charge in [0, 0.05) is 30.9 Å². The molecule has 0 saturated carbocycles. The van der Waals surface area contributed by atoms with E-state index in [1.807, 2.05) is 6.92 Å². The Bertz CT molecular complexity index is 618. The van der Waals surface area contributed by atoms with Crippen LogP contribution in [0.4, 0.5) is 10.5 Å². The van der Waals surface area contributed by atoms with E-state index in [1.165, 1.54) is 0 Å². The summed E-state index contributed by atoms with van der Waals surface area (Å²) in [5.74, 6) is -0.296. The van der Waals surface area contributed by atoms with Crippen molar-refractivity contribution in [2.45, 2.75) is 26.2 Å². The molecule has 0 aromatic heterocycles. The first-order valence-electron chi connectivity index (χ1n) is 8.24. The van der Waals surface area contributed by atoms with Crippen molar-refractivity contribution in [3.8, 4) is 0 Å². The number of piperidine rings is 1. The highest BCUT2D eigenvalue weighted by atomic mass is 16.2. The van der Waals surface area contributed by atoms with Gasteiger partial charge in [-0.15, -0.1) is 0 Å². The maximum Gasteiger partial charge on any atom is 0.316 e. The Morgan fingerprint density at radius 2 is 2.12 bits per heavy atom. The van der Waals surface area contributed by atoms with Crippen LogP contribution >= 0.6 is 0 Å². The van der Waals surface area contributed by atoms with Gasteiger partial charge >= 0.3 is 6.03 Å². The van der Waals surface area contributed by atoms with Crippen LogP contribution in [0, 0.1) is 5.92 Å². The van der Waals surface area contributed by atoms with Gasteiger partial charge in [-0.3, -0.25) is 9.59 Å². The molecule has 130 valence electrons. The van der Waals surface area contributed by atoms with Gasteiger partial charge in [0.2, 0.25) is 5.91 Å². The van der Waals surface area contributed by atoms with E-state index in [1.54, 1.807) is 29.2 Å². The second-order valence-electron chi connectivity index (χ2n) is 5.95. The Hall–Kier alpha value is -2.57. The summed E-state index contributed by atoms with van der Waals surface area (Å²) in [5.41, 5.74) is 6.04. The predicted molar refractivity (Wildman–Crippen MR) is 91.6 cm³/mol. The predicted octanol–water partition coefficient (Wildman–Crippen LogP) is 1.56. The average Bonchev–Trinajstić information content (AvgIpc) is 2.58. The minimum Gasteiger partial charge on any atom is -0.356 e. The monoisotopic (exact) mass is 332 g/mol. The minimum absolute atomic E-state index is 0.0125. The molecule has 0 unspecified atom stereocenters. The number of urea groups is 1. The van der Waals surface area contributed by atoms with Crippen LogP contribution in [0.5, 0.6) is 0 Å². The molecule has 1 heterocycles. The van der Waals surface area contributed by atoms with Gasteiger partial charge in [0.25, 0.3) is 5.91 Å². The fourth-order valence-corrected chi connectivity index (χ4v) is 2.82. The fourth-order valence-electron chi connectivity index (χ4n) is 2.82. The zero-order valence-corrected chi connectivity index (χ0v) is 13.9. The maximum absolute atomic E-state index is 12.7. The lowest BCUT2D eigenvalue weighted by Gasteiger charge is -2.32. The number of nitrogens with zero attached hydrogens (tertiary/aromatic N) is 1. The number of primary amides is 1. The molecule has 0 bridgehead atoms. The summed E-state index contributed by atoms with van der Waals surface area (Å²) in [5, 5.41) is 5.35. The molecule has 2 rings (SSSR count). The first-order valence-corrected chi connectivity index (χ1v) is 8.24. The molecule has 1 saturated heterocycles. The molecule has 0 spiro atoms. The Morgan fingerprint density at radius 3 is 2.83 bits per heavy atom. The number of carbonyl (C=O) groups excluding carboxylic acids is 3. The Kier molecular flexibility index (Phi) is 6.17. The first-order chi connectivity index (χ1) is 11.5. The highest BCUT2D eigenvalue weighted by Crippen LogP contribution is 2.20. The van der Waals surface area contributed by atoms with Crippen molar-refractivity contribution in [2.24, 2.45) is 11.7 Å². The van der Waals surface area contributed by atoms with Gasteiger partial charge in [-0.25, -0.2) is 4.79 Å². The third-order valence-corrected chi connectivity index (χ3v) is 4.01. The van der Waals surface area contributed by atoms with Crippen LogP contribution in [0.1, 0.15) is 36.5 Å². The largest absolute Gasteiger partial charge is 0.356 e. The summed E-state index contributed by atoms with van der Waals surface area (Å²) in [6.07, 6.45) is 2.48. The lowest BCUT2D eigenvalue weighted by molar-refractivity contribution is -0.126. The number of amides is 4. The zero-order chi connectivity index (χ0) is 17.5. The van der Waals surface area contributed by atoms with Crippen molar-refractivity contribution < 1.29 is 14.4 Å². The second kappa shape index (κ2) is 8.33. The van der Waals surface area contributed by atoms with Crippen LogP contribution in [0.25, 0.3) is 0 Å². The molecule has 4 N–H and O–H groups in total. The topological polar surface area (TPSA) is 105 Å². The number of hydrogen-bond donors (Lipinski definition) is 3. The third kappa shape index (κ3) is 4.71. The average molecular weight is 332 g/mol. The molecule has 1 aliphatic rings. The van der Waals surface area contributed by atoms with E-state index in [2.05, 4.69) is 10.6 Å². The number of carbonyl (C=O) groups is 3. The van der Waals surface area contributed by atoms with Gasteiger partial charge in [0.15, 0.2) is 0 Å². The molecule has 7 nitrogen and oxygen atoms in total. The summed E-state index contributed by atoms with van der Waals surface area (Å²) >= 11 is 0. The van der Waals surface area contributed by atoms with Gasteiger partial charge in [0.1, 0.15) is 0 Å². The van der Waals surface area contributed by atoms with Crippen LogP contribution < -0.4 is 16.4 Å². The molecule has 7 heteroatoms. The number of anilines is 1. The van der Waals surface area contributed by atoms with Crippen molar-refractivity contribution in [2.75, 3.05) is 25.0 Å². The molecule has 0 aliphatic carbocycles. The standard InChI is InChI=1S/C17H24N4O3/c1-2-8-19-15(22)13-6-4-9-21(11-13)16(23)12-5-3-7-14(10-12)20-17(18)24/h3,5,7,10,13H,2,4,6,8-9,11H2,1H3,(H,19,22)(H3,18,20,24)/t13-/m0/s1. The highest BCUT2D eigenvalue weighted by molar-refractivity contribution is 5.97. The Balaban J connectivity index is 2.03. The van der Waals surface area contributed by atoms with Gasteiger partial charge in [-0.2, -0.15) is 0 Å². The van der Waals surface area contributed by atoms with Crippen LogP contribution in [-0.2, 0) is 4.79 Å². The molecule has 4 amide bonds. The minimum atomic E-state index is -0.676. The van der Waals surface area contributed by atoms with E-state index >= 15 is 0 Å². The Labute approximate surface area is 141 Å². The molecule has 0 radical (unpaired) electrons. The first kappa shape index (κ1) is 17.8. The molecule has 1 fully saturated rings. The molecule has 1 aromatic rings. The summed E-state index contributed by atoms with van der Waals surface area (Å²) in [7, 11) is 0. The van der Waals surface area contributed by atoms with E-state index in [4.69, 9.17) is 5.73 Å². The van der Waals surface area contributed by atoms with E-state index in [-0.39, 0.29) is 17.7 Å². The van der Waals surface area contributed by atoms with Gasteiger partial charge < -0.3 is 21.3 Å². The Morgan fingerprint density at radius 1 is 1.33 bits per heavy atom. The smallest absolute Gasteiger partial charge is 0.316 e. The summed E-state index contributed by atoms with van der Waals surface area (Å²) < 4.78 is 0. The molecule has 1 aromatic carbocycles. The van der Waals surface area contributed by atoms with Crippen LogP contribution in [0.3, 0.4) is 0 Å². The van der Waals surface area contributed by atoms with E-state index in [9.17, 15) is 14.4 Å². The van der Waals surface area contributed by atoms with Crippen LogP contribution in [0.15, 0.2) is 24.3 Å². The number of nitrogens with two attached hydrogens (primary N) is 1. The number of benzene rings is 1. The fraction of sp³-hybridized carbons (Fsp3) is 0.471. The lowest BCUT2D eigenvalue weighted by Crippen LogP contribution is -2.45.